The molecule has 144 valence electrons. The molecule has 3 aromatic rings. The highest BCUT2D eigenvalue weighted by atomic mass is 35.5. The first-order chi connectivity index (χ1) is 13.6. The van der Waals surface area contributed by atoms with Crippen molar-refractivity contribution in [1.82, 2.24) is 19.9 Å². The molecule has 3 rings (SSSR count). The van der Waals surface area contributed by atoms with Crippen LogP contribution in [0.1, 0.15) is 0 Å². The van der Waals surface area contributed by atoms with Crippen LogP contribution in [0.3, 0.4) is 0 Å². The van der Waals surface area contributed by atoms with E-state index in [9.17, 15) is 9.59 Å². The lowest BCUT2D eigenvalue weighted by Crippen LogP contribution is -2.52. The molecule has 0 saturated carbocycles. The average molecular weight is 428 g/mol. The van der Waals surface area contributed by atoms with Crippen LogP contribution in [0.4, 0.5) is 11.5 Å². The van der Waals surface area contributed by atoms with E-state index < -0.39 is 16.9 Å². The number of carbonyl (C=O) groups is 1. The van der Waals surface area contributed by atoms with E-state index in [2.05, 4.69) is 20.6 Å². The van der Waals surface area contributed by atoms with Gasteiger partial charge in [-0.3, -0.25) is 9.59 Å². The first-order valence-corrected chi connectivity index (χ1v) is 8.96. The van der Waals surface area contributed by atoms with Gasteiger partial charge >= 0.3 is 0 Å². The maximum Gasteiger partial charge on any atom is 0.293 e. The second-order valence-corrected chi connectivity index (χ2v) is 6.83. The molecule has 2 aromatic heterocycles. The smallest absolute Gasteiger partial charge is 0.293 e. The van der Waals surface area contributed by atoms with Crippen molar-refractivity contribution in [3.05, 3.63) is 51.1 Å². The number of nitrogens with one attached hydrogen (secondary N) is 2. The van der Waals surface area contributed by atoms with E-state index in [4.69, 9.17) is 43.6 Å². The van der Waals surface area contributed by atoms with E-state index in [1.54, 1.807) is 25.2 Å². The molecule has 0 unspecified atom stereocenters. The van der Waals surface area contributed by atoms with Gasteiger partial charge in [0.1, 0.15) is 26.1 Å². The third kappa shape index (κ3) is 4.33. The molecular weight excluding hydrogens is 415 g/mol. The standard InChI is InChI=1S/C17H13B2Cl2N5O3/c1-22-15(28)17(18,19)29-12-6-8-5-9(3-4-11(8)26(2)14(12)27)24-13-10(20)7-23-16(21)25-13/h3-7H,1-2H3,(H,22,28)(H,23,24,25). The maximum absolute atomic E-state index is 12.6. The number of aromatic nitrogens is 3. The molecule has 0 bridgehead atoms. The van der Waals surface area contributed by atoms with Crippen LogP contribution in [0.15, 0.2) is 35.3 Å². The molecule has 8 nitrogen and oxygen atoms in total. The van der Waals surface area contributed by atoms with Gasteiger partial charge in [-0.15, -0.1) is 0 Å². The summed E-state index contributed by atoms with van der Waals surface area (Å²) in [5.41, 5.74) is 0.712. The fraction of sp³-hybridized carbons (Fsp3) is 0.176. The number of carbonyl (C=O) groups excluding carboxylic acids is 1. The Balaban J connectivity index is 2.03. The molecule has 0 aliphatic rings. The van der Waals surface area contributed by atoms with Crippen molar-refractivity contribution in [2.75, 3.05) is 12.4 Å². The third-order valence-electron chi connectivity index (χ3n) is 4.03. The molecule has 1 amide bonds. The van der Waals surface area contributed by atoms with Crippen molar-refractivity contribution in [3.8, 4) is 5.75 Å². The number of likely N-dealkylation sites (N-methyl/N-ethyl adjacent to an activating group) is 1. The van der Waals surface area contributed by atoms with Crippen molar-refractivity contribution in [1.29, 1.82) is 0 Å². The quantitative estimate of drug-likeness (QED) is 0.473. The highest BCUT2D eigenvalue weighted by molar-refractivity contribution is 6.50. The van der Waals surface area contributed by atoms with Crippen molar-refractivity contribution in [2.24, 2.45) is 7.05 Å². The molecule has 2 N–H and O–H groups in total. The summed E-state index contributed by atoms with van der Waals surface area (Å²) >= 11 is 11.9. The second-order valence-electron chi connectivity index (χ2n) is 6.08. The SMILES string of the molecule is [B]C([B])(Oc1cc2cc(Nc3nc(Cl)ncc3Cl)ccc2n(C)c1=O)C(=O)NC. The van der Waals surface area contributed by atoms with Crippen LogP contribution >= 0.6 is 23.2 Å². The molecule has 0 spiro atoms. The van der Waals surface area contributed by atoms with Crippen LogP contribution < -0.4 is 20.9 Å². The molecule has 12 heteroatoms. The molecule has 29 heavy (non-hydrogen) atoms. The molecule has 4 radical (unpaired) electrons. The van der Waals surface area contributed by atoms with Crippen molar-refractivity contribution in [3.63, 3.8) is 0 Å². The number of benzene rings is 1. The van der Waals surface area contributed by atoms with Gasteiger partial charge in [-0.25, -0.2) is 4.98 Å². The Labute approximate surface area is 178 Å². The Morgan fingerprint density at radius 1 is 1.28 bits per heavy atom. The van der Waals surface area contributed by atoms with E-state index in [0.29, 0.717) is 22.4 Å². The Morgan fingerprint density at radius 3 is 2.69 bits per heavy atom. The van der Waals surface area contributed by atoms with Crippen LogP contribution in [0.2, 0.25) is 10.3 Å². The lowest BCUT2D eigenvalue weighted by atomic mass is 9.64. The number of nitrogens with zero attached hydrogens (tertiary/aromatic N) is 3. The summed E-state index contributed by atoms with van der Waals surface area (Å²) < 4.78 is 6.65. The Bertz CT molecular complexity index is 1170. The number of amides is 1. The Morgan fingerprint density at radius 2 is 2.00 bits per heavy atom. The van der Waals surface area contributed by atoms with E-state index in [1.807, 2.05) is 0 Å². The van der Waals surface area contributed by atoms with Crippen molar-refractivity contribution in [2.45, 2.75) is 5.40 Å². The Kier molecular flexibility index (Phi) is 5.77. The van der Waals surface area contributed by atoms with Gasteiger partial charge in [0.25, 0.3) is 5.56 Å². The summed E-state index contributed by atoms with van der Waals surface area (Å²) in [6.07, 6.45) is 1.37. The van der Waals surface area contributed by atoms with Gasteiger partial charge in [0.15, 0.2) is 11.6 Å². The van der Waals surface area contributed by atoms with Gasteiger partial charge < -0.3 is 19.9 Å². The van der Waals surface area contributed by atoms with E-state index in [1.165, 1.54) is 23.9 Å². The molecular formula is C17H13B2Cl2N5O3. The summed E-state index contributed by atoms with van der Waals surface area (Å²) in [6.45, 7) is 0. The van der Waals surface area contributed by atoms with Gasteiger partial charge in [-0.2, -0.15) is 4.98 Å². The lowest BCUT2D eigenvalue weighted by molar-refractivity contribution is -0.126. The number of anilines is 2. The number of halogens is 2. The number of ether oxygens (including phenoxy) is 1. The second kappa shape index (κ2) is 7.96. The topological polar surface area (TPSA) is 98.1 Å². The molecule has 0 fully saturated rings. The summed E-state index contributed by atoms with van der Waals surface area (Å²) in [5, 5.41) is 4.01. The minimum atomic E-state index is -2.21. The van der Waals surface area contributed by atoms with Crippen LogP contribution in [0.25, 0.3) is 10.9 Å². The van der Waals surface area contributed by atoms with E-state index in [-0.39, 0.29) is 16.1 Å². The average Bonchev–Trinajstić information content (AvgIpc) is 2.67. The van der Waals surface area contributed by atoms with Crippen LogP contribution in [0, 0.1) is 0 Å². The zero-order valence-corrected chi connectivity index (χ0v) is 16.9. The summed E-state index contributed by atoms with van der Waals surface area (Å²) in [4.78, 5) is 32.2. The van der Waals surface area contributed by atoms with Crippen LogP contribution in [0.5, 0.6) is 5.75 Å². The number of pyridine rings is 1. The zero-order valence-electron chi connectivity index (χ0n) is 15.4. The lowest BCUT2D eigenvalue weighted by Gasteiger charge is -2.26. The van der Waals surface area contributed by atoms with Crippen LogP contribution in [-0.4, -0.2) is 48.6 Å². The fourth-order valence-corrected chi connectivity index (χ4v) is 2.87. The summed E-state index contributed by atoms with van der Waals surface area (Å²) in [7, 11) is 14.2. The molecule has 0 saturated heterocycles. The minimum Gasteiger partial charge on any atom is -0.492 e. The first-order valence-electron chi connectivity index (χ1n) is 8.20. The van der Waals surface area contributed by atoms with Crippen molar-refractivity contribution < 1.29 is 9.53 Å². The molecule has 0 aliphatic heterocycles. The number of hydrogen-bond acceptors (Lipinski definition) is 6. The highest BCUT2D eigenvalue weighted by Gasteiger charge is 2.28. The maximum atomic E-state index is 12.6. The normalized spacial score (nSPS) is 11.3. The Hall–Kier alpha value is -2.71. The number of hydrogen-bond donors (Lipinski definition) is 2. The van der Waals surface area contributed by atoms with Gasteiger partial charge in [-0.05, 0) is 35.9 Å². The van der Waals surface area contributed by atoms with Crippen molar-refractivity contribution >= 4 is 67.2 Å². The summed E-state index contributed by atoms with van der Waals surface area (Å²) in [6, 6.07) is 6.61. The van der Waals surface area contributed by atoms with E-state index in [0.717, 1.165) is 0 Å². The number of aryl methyl sites for hydroxylation is 1. The highest BCUT2D eigenvalue weighted by Crippen LogP contribution is 2.27. The predicted octanol–water partition coefficient (Wildman–Crippen LogP) is 1.49. The van der Waals surface area contributed by atoms with Gasteiger partial charge in [-0.1, -0.05) is 11.6 Å². The van der Waals surface area contributed by atoms with Gasteiger partial charge in [0.2, 0.25) is 11.2 Å². The predicted molar refractivity (Wildman–Crippen MR) is 113 cm³/mol. The first kappa shape index (κ1) is 21.0. The molecule has 1 aromatic carbocycles. The van der Waals surface area contributed by atoms with Crippen LogP contribution in [-0.2, 0) is 11.8 Å². The minimum absolute atomic E-state index is 0.0344. The summed E-state index contributed by atoms with van der Waals surface area (Å²) in [5.74, 6) is -0.658. The molecule has 0 atom stereocenters. The fourth-order valence-electron chi connectivity index (χ4n) is 2.60. The van der Waals surface area contributed by atoms with Gasteiger partial charge in [0, 0.05) is 25.2 Å². The van der Waals surface area contributed by atoms with Gasteiger partial charge in [0.05, 0.1) is 11.7 Å². The number of rotatable bonds is 5. The third-order valence-corrected chi connectivity index (χ3v) is 4.49. The zero-order chi connectivity index (χ0) is 21.3. The monoisotopic (exact) mass is 427 g/mol. The number of fused-ring (bicyclic) bond motifs is 1. The van der Waals surface area contributed by atoms with E-state index >= 15 is 0 Å². The molecule has 2 heterocycles. The largest absolute Gasteiger partial charge is 0.492 e. The molecule has 0 aliphatic carbocycles.